The van der Waals surface area contributed by atoms with E-state index in [1.54, 1.807) is 20.8 Å². The summed E-state index contributed by atoms with van der Waals surface area (Å²) in [5, 5.41) is 10.8. The van der Waals surface area contributed by atoms with Crippen LogP contribution in [0.25, 0.3) is 0 Å². The van der Waals surface area contributed by atoms with Gasteiger partial charge in [-0.2, -0.15) is 0 Å². The van der Waals surface area contributed by atoms with Gasteiger partial charge in [0, 0.05) is 23.3 Å². The van der Waals surface area contributed by atoms with Crippen molar-refractivity contribution in [1.82, 2.24) is 0 Å². The molecule has 8 heteroatoms. The number of nitro groups is 1. The molecule has 116 valence electrons. The van der Waals surface area contributed by atoms with Crippen molar-refractivity contribution in [2.45, 2.75) is 38.9 Å². The maximum absolute atomic E-state index is 12.8. The molecule has 0 N–H and O–H groups in total. The molecule has 0 radical (unpaired) electrons. The Kier molecular flexibility index (Phi) is 5.41. The van der Waals surface area contributed by atoms with E-state index < -0.39 is 38.7 Å². The van der Waals surface area contributed by atoms with Crippen LogP contribution in [0, 0.1) is 10.1 Å². The van der Waals surface area contributed by atoms with Crippen molar-refractivity contribution < 1.29 is 18.3 Å². The van der Waals surface area contributed by atoms with E-state index >= 15 is 0 Å². The van der Waals surface area contributed by atoms with E-state index in [4.69, 9.17) is 0 Å². The van der Waals surface area contributed by atoms with Crippen LogP contribution in [0.5, 0.6) is 0 Å². The van der Waals surface area contributed by atoms with Crippen LogP contribution in [0.1, 0.15) is 45.2 Å². The van der Waals surface area contributed by atoms with Gasteiger partial charge in [-0.25, -0.2) is 8.78 Å². The smallest absolute Gasteiger partial charge is 0.270 e. The molecule has 1 rings (SSSR count). The number of halogens is 2. The Bertz CT molecular complexity index is 571. The number of non-ortho nitro benzene ring substituents is 1. The number of nitrogens with zero attached hydrogens (tertiary/aromatic N) is 2. The molecule has 0 bridgehead atoms. The number of rotatable bonds is 4. The Balaban J connectivity index is 3.29. The molecule has 0 heterocycles. The van der Waals surface area contributed by atoms with Crippen molar-refractivity contribution in [2.24, 2.45) is 4.40 Å². The van der Waals surface area contributed by atoms with Gasteiger partial charge in [-0.3, -0.25) is 10.1 Å². The number of alkyl halides is 2. The van der Waals surface area contributed by atoms with Crippen molar-refractivity contribution in [2.75, 3.05) is 0 Å². The third-order valence-electron chi connectivity index (χ3n) is 2.56. The molecule has 1 atom stereocenters. The summed E-state index contributed by atoms with van der Waals surface area (Å²) in [5.41, 5.74) is -0.528. The summed E-state index contributed by atoms with van der Waals surface area (Å²) in [5.74, 6) is 0. The van der Waals surface area contributed by atoms with Crippen molar-refractivity contribution in [3.05, 3.63) is 39.4 Å². The summed E-state index contributed by atoms with van der Waals surface area (Å²) in [6.45, 7) is 6.64. The number of hydrogen-bond donors (Lipinski definition) is 0. The first-order valence-electron chi connectivity index (χ1n) is 6.07. The lowest BCUT2D eigenvalue weighted by Gasteiger charge is -2.18. The van der Waals surface area contributed by atoms with Crippen LogP contribution >= 0.6 is 0 Å². The molecule has 0 aliphatic carbocycles. The highest BCUT2D eigenvalue weighted by molar-refractivity contribution is 7.91. The second kappa shape index (κ2) is 6.48. The number of nitro benzene ring substituents is 1. The van der Waals surface area contributed by atoms with E-state index in [9.17, 15) is 23.4 Å². The molecular weight excluding hydrogens is 302 g/mol. The molecule has 5 nitrogen and oxygen atoms in total. The van der Waals surface area contributed by atoms with E-state index in [1.807, 2.05) is 0 Å². The van der Waals surface area contributed by atoms with E-state index in [2.05, 4.69) is 4.40 Å². The maximum atomic E-state index is 12.8. The molecule has 0 saturated heterocycles. The lowest BCUT2D eigenvalue weighted by molar-refractivity contribution is -0.385. The molecule has 0 unspecified atom stereocenters. The highest BCUT2D eigenvalue weighted by Gasteiger charge is 2.27. The Morgan fingerprint density at radius 3 is 2.33 bits per heavy atom. The van der Waals surface area contributed by atoms with Gasteiger partial charge in [0.05, 0.1) is 10.6 Å². The van der Waals surface area contributed by atoms with Gasteiger partial charge >= 0.3 is 0 Å². The summed E-state index contributed by atoms with van der Waals surface area (Å²) in [4.78, 5) is 10.0. The van der Waals surface area contributed by atoms with Crippen molar-refractivity contribution in [3.63, 3.8) is 0 Å². The van der Waals surface area contributed by atoms with Gasteiger partial charge < -0.3 is 4.55 Å². The van der Waals surface area contributed by atoms with Gasteiger partial charge in [-0.1, -0.05) is 4.40 Å². The lowest BCUT2D eigenvalue weighted by Crippen LogP contribution is -2.26. The molecule has 0 fully saturated rings. The predicted octanol–water partition coefficient (Wildman–Crippen LogP) is 3.80. The molecular formula is C13H16F2N2O3S. The van der Waals surface area contributed by atoms with Gasteiger partial charge in [-0.05, 0) is 33.8 Å². The van der Waals surface area contributed by atoms with Crippen LogP contribution in [0.3, 0.4) is 0 Å². The molecule has 21 heavy (non-hydrogen) atoms. The molecule has 0 aromatic heterocycles. The molecule has 0 aliphatic rings. The Morgan fingerprint density at radius 1 is 1.33 bits per heavy atom. The largest absolute Gasteiger partial charge is 0.591 e. The summed E-state index contributed by atoms with van der Waals surface area (Å²) in [6, 6.07) is 3.09. The van der Waals surface area contributed by atoms with Crippen LogP contribution in [0.4, 0.5) is 14.5 Å². The fourth-order valence-electron chi connectivity index (χ4n) is 1.39. The zero-order valence-corrected chi connectivity index (χ0v) is 12.9. The predicted molar refractivity (Wildman–Crippen MR) is 78.2 cm³/mol. The topological polar surface area (TPSA) is 78.6 Å². The maximum Gasteiger partial charge on any atom is 0.270 e. The summed E-state index contributed by atoms with van der Waals surface area (Å²) in [6.07, 6.45) is -2.83. The fourth-order valence-corrected chi connectivity index (χ4v) is 2.02. The van der Waals surface area contributed by atoms with E-state index in [0.29, 0.717) is 0 Å². The van der Waals surface area contributed by atoms with Crippen LogP contribution in [-0.4, -0.2) is 19.9 Å². The zero-order chi connectivity index (χ0) is 16.4. The summed E-state index contributed by atoms with van der Waals surface area (Å²) in [7, 11) is 0. The number of benzene rings is 1. The second-order valence-corrected chi connectivity index (χ2v) is 7.31. The van der Waals surface area contributed by atoms with Gasteiger partial charge in [0.2, 0.25) is 0 Å². The standard InChI is InChI=1S/C13H16F2N2O3S/c1-8(16-21(20)13(2,3)4)9-5-10(12(14)15)7-11(6-9)17(18)19/h5-7,12H,1-4H3/t21-/m1/s1. The first kappa shape index (κ1) is 17.5. The van der Waals surface area contributed by atoms with Crippen LogP contribution < -0.4 is 0 Å². The Morgan fingerprint density at radius 2 is 1.90 bits per heavy atom. The van der Waals surface area contributed by atoms with Gasteiger partial charge in [0.15, 0.2) is 0 Å². The Hall–Kier alpha value is -1.54. The van der Waals surface area contributed by atoms with E-state index in [1.165, 1.54) is 6.92 Å². The van der Waals surface area contributed by atoms with Gasteiger partial charge in [0.25, 0.3) is 12.1 Å². The van der Waals surface area contributed by atoms with Gasteiger partial charge in [-0.15, -0.1) is 0 Å². The van der Waals surface area contributed by atoms with Crippen LogP contribution in [0.2, 0.25) is 0 Å². The minimum absolute atomic E-state index is 0.164. The molecule has 0 aliphatic heterocycles. The molecule has 0 amide bonds. The second-order valence-electron chi connectivity index (χ2n) is 5.41. The molecule has 0 saturated carbocycles. The van der Waals surface area contributed by atoms with E-state index in [-0.39, 0.29) is 11.3 Å². The summed E-state index contributed by atoms with van der Waals surface area (Å²) < 4.78 is 40.8. The highest BCUT2D eigenvalue weighted by Crippen LogP contribution is 2.26. The third kappa shape index (κ3) is 4.75. The van der Waals surface area contributed by atoms with Crippen molar-refractivity contribution >= 4 is 22.8 Å². The van der Waals surface area contributed by atoms with Crippen LogP contribution in [-0.2, 0) is 11.4 Å². The average molecular weight is 318 g/mol. The molecule has 1 aromatic carbocycles. The summed E-state index contributed by atoms with van der Waals surface area (Å²) >= 11 is -1.57. The normalized spacial score (nSPS) is 14.4. The Labute approximate surface area is 124 Å². The monoisotopic (exact) mass is 318 g/mol. The van der Waals surface area contributed by atoms with Crippen molar-refractivity contribution in [3.8, 4) is 0 Å². The minimum atomic E-state index is -2.83. The first-order valence-corrected chi connectivity index (χ1v) is 7.18. The zero-order valence-electron chi connectivity index (χ0n) is 12.1. The van der Waals surface area contributed by atoms with Crippen LogP contribution in [0.15, 0.2) is 22.6 Å². The minimum Gasteiger partial charge on any atom is -0.591 e. The van der Waals surface area contributed by atoms with Crippen molar-refractivity contribution in [1.29, 1.82) is 0 Å². The quantitative estimate of drug-likeness (QED) is 0.366. The number of hydrogen-bond acceptors (Lipinski definition) is 4. The first-order chi connectivity index (χ1) is 9.52. The average Bonchev–Trinajstić information content (AvgIpc) is 2.36. The third-order valence-corrected chi connectivity index (χ3v) is 4.05. The van der Waals surface area contributed by atoms with E-state index in [0.717, 1.165) is 18.2 Å². The fraction of sp³-hybridized carbons (Fsp3) is 0.462. The van der Waals surface area contributed by atoms with Gasteiger partial charge in [0.1, 0.15) is 16.1 Å². The molecule has 1 aromatic rings. The highest BCUT2D eigenvalue weighted by atomic mass is 32.2. The lowest BCUT2D eigenvalue weighted by atomic mass is 10.1. The molecule has 0 spiro atoms. The SMILES string of the molecule is CC(=N[S@+]([O-])C(C)(C)C)c1cc(C(F)F)cc([N+](=O)[O-])c1.